The van der Waals surface area contributed by atoms with Crippen LogP contribution in [0.5, 0.6) is 0 Å². The lowest BCUT2D eigenvalue weighted by atomic mass is 9.76. The molecule has 294 valence electrons. The van der Waals surface area contributed by atoms with Crippen molar-refractivity contribution in [2.75, 3.05) is 35.2 Å². The predicted molar refractivity (Wildman–Crippen MR) is 210 cm³/mol. The maximum absolute atomic E-state index is 12.3. The van der Waals surface area contributed by atoms with E-state index in [1.807, 2.05) is 54.5 Å². The number of carboxylic acids is 1. The number of hydrogen-bond donors (Lipinski definition) is 5. The van der Waals surface area contributed by atoms with Crippen molar-refractivity contribution >= 4 is 59.1 Å². The Kier molecular flexibility index (Phi) is 11.7. The molecule has 0 amide bonds. The van der Waals surface area contributed by atoms with Crippen molar-refractivity contribution in [1.82, 2.24) is 0 Å². The Morgan fingerprint density at radius 2 is 1.47 bits per heavy atom. The standard InChI is InChI=1S/C38H43N3O11S3/c1-37(2)30-23-28(39)15-17-32(30)40(19-7-21-53(44,45)46)34(37)9-5-4-6-10-35-38(3,25-26-11-13-27(14-12-26)36(42)43)31-24-29(55(50,51)52)16-18-33(31)41(35)20-8-22-54(47,48)49/h4-6,9-18,23-24H,7-8,19-22,25,39H2,1-3H3,(H3-,42,43,44,45,46,47,48,49,50,51,52)/p+1. The average molecular weight is 815 g/mol. The monoisotopic (exact) mass is 814 g/mol. The summed E-state index contributed by atoms with van der Waals surface area (Å²) in [7, 11) is -13.1. The molecule has 2 aliphatic rings. The summed E-state index contributed by atoms with van der Waals surface area (Å²) in [6, 6.07) is 15.9. The molecule has 6 N–H and O–H groups in total. The highest BCUT2D eigenvalue weighted by Gasteiger charge is 2.45. The maximum Gasteiger partial charge on any atom is 0.335 e. The topological polar surface area (TPSA) is 233 Å². The van der Waals surface area contributed by atoms with Gasteiger partial charge in [-0.15, -0.1) is 0 Å². The first kappa shape index (κ1) is 41.5. The molecule has 3 aromatic carbocycles. The van der Waals surface area contributed by atoms with Crippen LogP contribution in [-0.2, 0) is 47.6 Å². The van der Waals surface area contributed by atoms with Gasteiger partial charge < -0.3 is 15.7 Å². The second-order valence-corrected chi connectivity index (χ2v) is 18.9. The van der Waals surface area contributed by atoms with Crippen LogP contribution in [0.2, 0.25) is 0 Å². The largest absolute Gasteiger partial charge is 0.478 e. The summed E-state index contributed by atoms with van der Waals surface area (Å²) in [5, 5.41) is 9.43. The number of nitrogens with two attached hydrogens (primary N) is 1. The van der Waals surface area contributed by atoms with E-state index >= 15 is 0 Å². The number of rotatable bonds is 15. The fourth-order valence-corrected chi connectivity index (χ4v) is 8.89. The lowest BCUT2D eigenvalue weighted by Crippen LogP contribution is -2.31. The number of benzene rings is 3. The molecule has 0 fully saturated rings. The van der Waals surface area contributed by atoms with Crippen molar-refractivity contribution in [2.24, 2.45) is 0 Å². The molecule has 0 saturated carbocycles. The summed E-state index contributed by atoms with van der Waals surface area (Å²) in [5.74, 6) is -2.03. The van der Waals surface area contributed by atoms with E-state index in [1.54, 1.807) is 36.4 Å². The third kappa shape index (κ3) is 9.42. The molecule has 0 bridgehead atoms. The van der Waals surface area contributed by atoms with Crippen molar-refractivity contribution < 1.29 is 53.4 Å². The van der Waals surface area contributed by atoms with E-state index in [9.17, 15) is 48.8 Å². The van der Waals surface area contributed by atoms with Gasteiger partial charge in [-0.1, -0.05) is 30.4 Å². The number of carboxylic acid groups (broad SMARTS) is 1. The Balaban J connectivity index is 1.58. The van der Waals surface area contributed by atoms with E-state index in [0.717, 1.165) is 22.5 Å². The Morgan fingerprint density at radius 3 is 2.09 bits per heavy atom. The highest BCUT2D eigenvalue weighted by Crippen LogP contribution is 2.50. The first-order valence-electron chi connectivity index (χ1n) is 17.2. The van der Waals surface area contributed by atoms with Crippen LogP contribution in [0.3, 0.4) is 0 Å². The van der Waals surface area contributed by atoms with Crippen LogP contribution in [-0.4, -0.2) is 84.9 Å². The number of anilines is 2. The molecule has 14 nitrogen and oxygen atoms in total. The fourth-order valence-electron chi connectivity index (χ4n) is 7.39. The number of aromatic carboxylic acids is 1. The predicted octanol–water partition coefficient (Wildman–Crippen LogP) is 5.16. The van der Waals surface area contributed by atoms with E-state index in [1.165, 1.54) is 30.3 Å². The number of fused-ring (bicyclic) bond motifs is 2. The Labute approximate surface area is 321 Å². The van der Waals surface area contributed by atoms with Gasteiger partial charge in [0.25, 0.3) is 30.4 Å². The minimum Gasteiger partial charge on any atom is -0.478 e. The van der Waals surface area contributed by atoms with Gasteiger partial charge in [0.1, 0.15) is 6.54 Å². The van der Waals surface area contributed by atoms with Crippen LogP contribution in [0.15, 0.2) is 102 Å². The quantitative estimate of drug-likeness (QED) is 0.0578. The number of carbonyl (C=O) groups is 1. The molecule has 5 rings (SSSR count). The Morgan fingerprint density at radius 1 is 0.818 bits per heavy atom. The van der Waals surface area contributed by atoms with Crippen molar-refractivity contribution in [1.29, 1.82) is 0 Å². The number of nitrogen functional groups attached to an aromatic ring is 1. The highest BCUT2D eigenvalue weighted by molar-refractivity contribution is 7.86. The van der Waals surface area contributed by atoms with Gasteiger partial charge in [0.2, 0.25) is 5.69 Å². The van der Waals surface area contributed by atoms with Crippen molar-refractivity contribution in [2.45, 2.75) is 55.8 Å². The van der Waals surface area contributed by atoms with Crippen LogP contribution < -0.4 is 10.6 Å². The molecule has 0 aromatic heterocycles. The van der Waals surface area contributed by atoms with Crippen molar-refractivity contribution in [3.63, 3.8) is 0 Å². The van der Waals surface area contributed by atoms with E-state index in [0.29, 0.717) is 29.2 Å². The van der Waals surface area contributed by atoms with Gasteiger partial charge in [-0.3, -0.25) is 13.7 Å². The zero-order valence-electron chi connectivity index (χ0n) is 30.5. The molecule has 2 aliphatic heterocycles. The van der Waals surface area contributed by atoms with E-state index in [4.69, 9.17) is 5.73 Å². The normalized spacial score (nSPS) is 19.2. The average Bonchev–Trinajstić information content (AvgIpc) is 3.42. The summed E-state index contributed by atoms with van der Waals surface area (Å²) in [5.41, 5.74) is 10.4. The Hall–Kier alpha value is -4.65. The van der Waals surface area contributed by atoms with E-state index < -0.39 is 58.7 Å². The molecule has 1 unspecified atom stereocenters. The van der Waals surface area contributed by atoms with Gasteiger partial charge in [-0.05, 0) is 93.3 Å². The number of nitrogens with zero attached hydrogens (tertiary/aromatic N) is 2. The fraction of sp³-hybridized carbons (Fsp3) is 0.316. The van der Waals surface area contributed by atoms with Crippen LogP contribution in [0.4, 0.5) is 17.1 Å². The van der Waals surface area contributed by atoms with Gasteiger partial charge in [0, 0.05) is 53.2 Å². The van der Waals surface area contributed by atoms with Crippen molar-refractivity contribution in [3.05, 3.63) is 119 Å². The minimum atomic E-state index is -4.61. The lowest BCUT2D eigenvalue weighted by molar-refractivity contribution is -0.437. The molecule has 0 saturated heterocycles. The summed E-state index contributed by atoms with van der Waals surface area (Å²) < 4.78 is 102. The van der Waals surface area contributed by atoms with Crippen LogP contribution >= 0.6 is 0 Å². The lowest BCUT2D eigenvalue weighted by Gasteiger charge is -2.30. The first-order valence-corrected chi connectivity index (χ1v) is 21.9. The maximum atomic E-state index is 12.3. The number of allylic oxidation sites excluding steroid dienone is 6. The van der Waals surface area contributed by atoms with Gasteiger partial charge in [0.15, 0.2) is 5.71 Å². The second-order valence-electron chi connectivity index (χ2n) is 14.3. The van der Waals surface area contributed by atoms with E-state index in [-0.39, 0.29) is 36.3 Å². The third-order valence-corrected chi connectivity index (χ3v) is 12.4. The minimum absolute atomic E-state index is 0.0224. The van der Waals surface area contributed by atoms with Crippen LogP contribution in [0.25, 0.3) is 0 Å². The van der Waals surface area contributed by atoms with Gasteiger partial charge >= 0.3 is 5.97 Å². The number of hydrogen-bond acceptors (Lipinski definition) is 9. The molecule has 3 aromatic rings. The molecular weight excluding hydrogens is 771 g/mol. The Bertz CT molecular complexity index is 2470. The highest BCUT2D eigenvalue weighted by atomic mass is 32.2. The zero-order valence-corrected chi connectivity index (χ0v) is 32.9. The van der Waals surface area contributed by atoms with Gasteiger partial charge in [0.05, 0.1) is 27.4 Å². The molecule has 1 atom stereocenters. The smallest absolute Gasteiger partial charge is 0.335 e. The van der Waals surface area contributed by atoms with Gasteiger partial charge in [-0.2, -0.15) is 29.8 Å². The SMILES string of the molecule is CC1(C)C(/C=C/C=C/C=C2/N(CCCS(=O)(=O)O)c3ccc(S(=O)(=O)O)cc3C2(C)Cc2ccc(C(=O)O)cc2)=[N+](CCCS(=O)(=O)O)c2ccc(N)cc21. The first-order chi connectivity index (χ1) is 25.5. The van der Waals surface area contributed by atoms with E-state index in [2.05, 4.69) is 0 Å². The summed E-state index contributed by atoms with van der Waals surface area (Å²) in [4.78, 5) is 13.0. The molecule has 0 radical (unpaired) electrons. The molecule has 0 spiro atoms. The summed E-state index contributed by atoms with van der Waals surface area (Å²) in [6.45, 7) is 6.34. The molecular formula is C38H44N3O11S3+. The third-order valence-electron chi connectivity index (χ3n) is 9.98. The molecule has 0 aliphatic carbocycles. The summed E-state index contributed by atoms with van der Waals surface area (Å²) in [6.07, 6.45) is 9.49. The van der Waals surface area contributed by atoms with Crippen LogP contribution in [0.1, 0.15) is 60.7 Å². The molecule has 17 heteroatoms. The molecule has 2 heterocycles. The molecule has 55 heavy (non-hydrogen) atoms. The van der Waals surface area contributed by atoms with Gasteiger partial charge in [-0.25, -0.2) is 4.79 Å². The van der Waals surface area contributed by atoms with Crippen molar-refractivity contribution in [3.8, 4) is 0 Å². The second kappa shape index (κ2) is 15.5. The zero-order chi connectivity index (χ0) is 40.6. The van der Waals surface area contributed by atoms with Crippen LogP contribution in [0, 0.1) is 0 Å². The summed E-state index contributed by atoms with van der Waals surface area (Å²) >= 11 is 0.